The number of carboxylic acid groups (broad SMARTS) is 1. The highest BCUT2D eigenvalue weighted by Gasteiger charge is 2.24. The van der Waals surface area contributed by atoms with Gasteiger partial charge in [0.25, 0.3) is 0 Å². The van der Waals surface area contributed by atoms with E-state index in [0.29, 0.717) is 61.1 Å². The van der Waals surface area contributed by atoms with Gasteiger partial charge in [-0.15, -0.1) is 5.10 Å². The minimum atomic E-state index is -0.930. The molecule has 32 heavy (non-hydrogen) atoms. The Hall–Kier alpha value is -4.15. The fraction of sp³-hybridized carbons (Fsp3) is 0.238. The van der Waals surface area contributed by atoms with E-state index in [1.165, 1.54) is 17.0 Å². The van der Waals surface area contributed by atoms with Crippen molar-refractivity contribution in [1.29, 1.82) is 0 Å². The molecule has 0 saturated carbocycles. The molecule has 4 aromatic rings. The molecule has 1 aliphatic rings. The predicted octanol–water partition coefficient (Wildman–Crippen LogP) is 2.27. The first kappa shape index (κ1) is 19.8. The lowest BCUT2D eigenvalue weighted by Gasteiger charge is -2.34. The van der Waals surface area contributed by atoms with Crippen LogP contribution in [0, 0.1) is 5.82 Å². The number of benzene rings is 1. The first-order chi connectivity index (χ1) is 15.6. The van der Waals surface area contributed by atoms with E-state index in [9.17, 15) is 14.3 Å². The minimum Gasteiger partial charge on any atom is -0.465 e. The summed E-state index contributed by atoms with van der Waals surface area (Å²) in [6.07, 6.45) is 2.39. The number of carbonyl (C=O) groups is 1. The predicted molar refractivity (Wildman–Crippen MR) is 114 cm³/mol. The summed E-state index contributed by atoms with van der Waals surface area (Å²) >= 11 is 0. The largest absolute Gasteiger partial charge is 0.465 e. The van der Waals surface area contributed by atoms with Crippen molar-refractivity contribution in [1.82, 2.24) is 34.8 Å². The molecule has 0 atom stereocenters. The van der Waals surface area contributed by atoms with Crippen molar-refractivity contribution < 1.29 is 14.3 Å². The summed E-state index contributed by atoms with van der Waals surface area (Å²) in [5, 5.41) is 17.1. The molecule has 1 amide bonds. The minimum absolute atomic E-state index is 0.312. The van der Waals surface area contributed by atoms with Crippen LogP contribution in [-0.2, 0) is 6.54 Å². The van der Waals surface area contributed by atoms with Crippen LogP contribution in [-0.4, -0.2) is 72.2 Å². The molecule has 162 valence electrons. The Morgan fingerprint density at radius 3 is 2.47 bits per heavy atom. The van der Waals surface area contributed by atoms with Crippen molar-refractivity contribution >= 4 is 22.9 Å². The van der Waals surface area contributed by atoms with Crippen LogP contribution < -0.4 is 4.90 Å². The molecule has 1 N–H and O–H groups in total. The zero-order chi connectivity index (χ0) is 22.1. The average molecular weight is 434 g/mol. The number of amides is 1. The van der Waals surface area contributed by atoms with E-state index in [0.717, 1.165) is 5.56 Å². The van der Waals surface area contributed by atoms with Crippen LogP contribution in [0.4, 0.5) is 15.0 Å². The third kappa shape index (κ3) is 3.92. The molecular weight excluding hydrogens is 415 g/mol. The lowest BCUT2D eigenvalue weighted by atomic mass is 10.1. The number of aromatic nitrogens is 6. The van der Waals surface area contributed by atoms with Gasteiger partial charge in [-0.05, 0) is 36.4 Å². The molecule has 1 saturated heterocycles. The molecule has 4 heterocycles. The van der Waals surface area contributed by atoms with Gasteiger partial charge >= 0.3 is 6.09 Å². The Morgan fingerprint density at radius 1 is 1.00 bits per heavy atom. The van der Waals surface area contributed by atoms with Gasteiger partial charge in [-0.1, -0.05) is 5.21 Å². The highest BCUT2D eigenvalue weighted by molar-refractivity contribution is 5.88. The summed E-state index contributed by atoms with van der Waals surface area (Å²) < 4.78 is 15.0. The maximum absolute atomic E-state index is 13.3. The van der Waals surface area contributed by atoms with Crippen LogP contribution in [0.15, 0.2) is 48.8 Å². The van der Waals surface area contributed by atoms with Crippen LogP contribution in [0.2, 0.25) is 0 Å². The van der Waals surface area contributed by atoms with E-state index in [1.54, 1.807) is 29.2 Å². The summed E-state index contributed by atoms with van der Waals surface area (Å²) in [6.45, 7) is 2.07. The summed E-state index contributed by atoms with van der Waals surface area (Å²) in [4.78, 5) is 28.9. The molecule has 0 radical (unpaired) electrons. The number of pyridine rings is 1. The standard InChI is InChI=1S/C21H19FN8O2/c22-15-3-1-14(2-4-15)16-5-6-17-19(25-16)20(28-9-11-29(12-10-28)21(31)32)26-18(24-17)13-30-8-7-23-27-30/h1-8H,9-13H2,(H,31,32). The number of fused-ring (bicyclic) bond motifs is 1. The van der Waals surface area contributed by atoms with Crippen LogP contribution >= 0.6 is 0 Å². The molecule has 1 fully saturated rings. The van der Waals surface area contributed by atoms with Crippen molar-refractivity contribution in [2.45, 2.75) is 6.54 Å². The van der Waals surface area contributed by atoms with Gasteiger partial charge in [-0.2, -0.15) is 0 Å². The van der Waals surface area contributed by atoms with Gasteiger partial charge in [-0.25, -0.2) is 28.8 Å². The lowest BCUT2D eigenvalue weighted by molar-refractivity contribution is 0.142. The van der Waals surface area contributed by atoms with Gasteiger partial charge in [0, 0.05) is 37.9 Å². The third-order valence-corrected chi connectivity index (χ3v) is 5.34. The number of hydrogen-bond acceptors (Lipinski definition) is 7. The van der Waals surface area contributed by atoms with Gasteiger partial charge in [0.1, 0.15) is 17.9 Å². The number of piperazine rings is 1. The highest BCUT2D eigenvalue weighted by Crippen LogP contribution is 2.27. The smallest absolute Gasteiger partial charge is 0.407 e. The second-order valence-electron chi connectivity index (χ2n) is 7.39. The molecule has 0 aliphatic carbocycles. The highest BCUT2D eigenvalue weighted by atomic mass is 19.1. The second kappa shape index (κ2) is 8.17. The molecule has 0 unspecified atom stereocenters. The van der Waals surface area contributed by atoms with Gasteiger partial charge in [0.15, 0.2) is 11.6 Å². The number of halogens is 1. The molecule has 1 aliphatic heterocycles. The Kier molecular flexibility index (Phi) is 5.06. The quantitative estimate of drug-likeness (QED) is 0.520. The van der Waals surface area contributed by atoms with Crippen molar-refractivity contribution in [2.24, 2.45) is 0 Å². The van der Waals surface area contributed by atoms with Crippen LogP contribution in [0.5, 0.6) is 0 Å². The van der Waals surface area contributed by atoms with Gasteiger partial charge in [-0.3, -0.25) is 0 Å². The average Bonchev–Trinajstić information content (AvgIpc) is 3.32. The van der Waals surface area contributed by atoms with E-state index in [2.05, 4.69) is 15.3 Å². The summed E-state index contributed by atoms with van der Waals surface area (Å²) in [7, 11) is 0. The topological polar surface area (TPSA) is 113 Å². The second-order valence-corrected chi connectivity index (χ2v) is 7.39. The first-order valence-electron chi connectivity index (χ1n) is 10.1. The van der Waals surface area contributed by atoms with E-state index in [1.807, 2.05) is 17.0 Å². The molecule has 11 heteroatoms. The number of anilines is 1. The molecular formula is C21H19FN8O2. The summed E-state index contributed by atoms with van der Waals surface area (Å²) in [5.41, 5.74) is 2.73. The molecule has 3 aromatic heterocycles. The van der Waals surface area contributed by atoms with E-state index >= 15 is 0 Å². The molecule has 5 rings (SSSR count). The van der Waals surface area contributed by atoms with Gasteiger partial charge in [0.2, 0.25) is 0 Å². The molecule has 1 aromatic carbocycles. The fourth-order valence-corrected chi connectivity index (χ4v) is 3.69. The third-order valence-electron chi connectivity index (χ3n) is 5.34. The van der Waals surface area contributed by atoms with Crippen molar-refractivity contribution in [3.8, 4) is 11.3 Å². The van der Waals surface area contributed by atoms with Crippen LogP contribution in [0.3, 0.4) is 0 Å². The Bertz CT molecular complexity index is 1260. The van der Waals surface area contributed by atoms with Crippen LogP contribution in [0.25, 0.3) is 22.3 Å². The van der Waals surface area contributed by atoms with Crippen molar-refractivity contribution in [3.63, 3.8) is 0 Å². The van der Waals surface area contributed by atoms with Crippen LogP contribution in [0.1, 0.15) is 5.82 Å². The summed E-state index contributed by atoms with van der Waals surface area (Å²) in [6, 6.07) is 9.85. The normalized spacial score (nSPS) is 14.2. The monoisotopic (exact) mass is 434 g/mol. The zero-order valence-electron chi connectivity index (χ0n) is 17.0. The van der Waals surface area contributed by atoms with E-state index < -0.39 is 6.09 Å². The van der Waals surface area contributed by atoms with Gasteiger partial charge < -0.3 is 14.9 Å². The maximum Gasteiger partial charge on any atom is 0.407 e. The Morgan fingerprint density at radius 2 is 1.78 bits per heavy atom. The van der Waals surface area contributed by atoms with Crippen molar-refractivity contribution in [2.75, 3.05) is 31.1 Å². The molecule has 10 nitrogen and oxygen atoms in total. The zero-order valence-corrected chi connectivity index (χ0v) is 17.0. The Balaban J connectivity index is 1.57. The van der Waals surface area contributed by atoms with Gasteiger partial charge in [0.05, 0.1) is 17.4 Å². The number of rotatable bonds is 4. The summed E-state index contributed by atoms with van der Waals surface area (Å²) in [5.74, 6) is 0.877. The fourth-order valence-electron chi connectivity index (χ4n) is 3.69. The Labute approximate surface area is 182 Å². The van der Waals surface area contributed by atoms with E-state index in [-0.39, 0.29) is 5.82 Å². The van der Waals surface area contributed by atoms with Crippen molar-refractivity contribution in [3.05, 3.63) is 60.4 Å². The SMILES string of the molecule is O=C(O)N1CCN(c2nc(Cn3ccnn3)nc3ccc(-c4ccc(F)cc4)nc23)CC1. The maximum atomic E-state index is 13.3. The number of hydrogen-bond donors (Lipinski definition) is 1. The number of nitrogens with zero attached hydrogens (tertiary/aromatic N) is 8. The molecule has 0 spiro atoms. The van der Waals surface area contributed by atoms with E-state index in [4.69, 9.17) is 9.97 Å². The lowest BCUT2D eigenvalue weighted by Crippen LogP contribution is -2.48. The first-order valence-corrected chi connectivity index (χ1v) is 10.1. The molecule has 0 bridgehead atoms.